The fourth-order valence-electron chi connectivity index (χ4n) is 4.81. The van der Waals surface area contributed by atoms with Crippen molar-refractivity contribution >= 4 is 29.3 Å². The normalized spacial score (nSPS) is 18.0. The summed E-state index contributed by atoms with van der Waals surface area (Å²) in [7, 11) is 0. The lowest BCUT2D eigenvalue weighted by atomic mass is 9.99. The molecule has 2 aromatic rings. The Morgan fingerprint density at radius 1 is 0.912 bits per heavy atom. The maximum atomic E-state index is 12.9. The predicted molar refractivity (Wildman–Crippen MR) is 133 cm³/mol. The smallest absolute Gasteiger partial charge is 0.414 e. The first-order valence-electron chi connectivity index (χ1n) is 12.1. The molecule has 1 atom stereocenters. The van der Waals surface area contributed by atoms with Gasteiger partial charge in [-0.1, -0.05) is 18.2 Å². The zero-order valence-electron chi connectivity index (χ0n) is 20.4. The molecule has 1 fully saturated rings. The first-order chi connectivity index (χ1) is 16.3. The number of ether oxygens (including phenoxy) is 1. The molecule has 0 unspecified atom stereocenters. The number of anilines is 2. The molecule has 0 N–H and O–H groups in total. The third-order valence-electron chi connectivity index (χ3n) is 6.42. The lowest BCUT2D eigenvalue weighted by Gasteiger charge is -2.40. The van der Waals surface area contributed by atoms with Crippen LogP contribution in [0.2, 0.25) is 0 Å². The number of rotatable bonds is 3. The highest BCUT2D eigenvalue weighted by Gasteiger charge is 2.34. The van der Waals surface area contributed by atoms with E-state index in [1.807, 2.05) is 68.1 Å². The molecule has 1 saturated heterocycles. The molecule has 2 aromatic carbocycles. The van der Waals surface area contributed by atoms with E-state index in [-0.39, 0.29) is 24.0 Å². The van der Waals surface area contributed by atoms with Gasteiger partial charge in [-0.05, 0) is 75.4 Å². The highest BCUT2D eigenvalue weighted by Crippen LogP contribution is 2.39. The summed E-state index contributed by atoms with van der Waals surface area (Å²) in [6, 6.07) is 13.2. The Balaban J connectivity index is 1.65. The van der Waals surface area contributed by atoms with Gasteiger partial charge >= 0.3 is 6.09 Å². The first-order valence-corrected chi connectivity index (χ1v) is 12.1. The van der Waals surface area contributed by atoms with Gasteiger partial charge in [0, 0.05) is 32.1 Å². The van der Waals surface area contributed by atoms with Gasteiger partial charge in [0.2, 0.25) is 5.91 Å². The Morgan fingerprint density at radius 3 is 2.18 bits per heavy atom. The number of carbonyl (C=O) groups is 3. The van der Waals surface area contributed by atoms with E-state index in [0.29, 0.717) is 23.5 Å². The molecular weight excluding hydrogens is 430 g/mol. The highest BCUT2D eigenvalue weighted by molar-refractivity contribution is 6.03. The minimum absolute atomic E-state index is 0.0704. The lowest BCUT2D eigenvalue weighted by molar-refractivity contribution is -0.117. The van der Waals surface area contributed by atoms with Crippen LogP contribution in [0.5, 0.6) is 0 Å². The van der Waals surface area contributed by atoms with E-state index in [1.54, 1.807) is 9.80 Å². The number of likely N-dealkylation sites (tertiary alicyclic amines) is 1. The van der Waals surface area contributed by atoms with Gasteiger partial charge in [-0.15, -0.1) is 0 Å². The summed E-state index contributed by atoms with van der Waals surface area (Å²) in [5, 5.41) is 0. The molecule has 7 nitrogen and oxygen atoms in total. The second-order valence-corrected chi connectivity index (χ2v) is 9.41. The van der Waals surface area contributed by atoms with E-state index < -0.39 is 6.09 Å². The largest absolute Gasteiger partial charge is 0.446 e. The molecule has 2 heterocycles. The summed E-state index contributed by atoms with van der Waals surface area (Å²) in [6.45, 7) is 9.08. The Hall–Kier alpha value is -3.35. The van der Waals surface area contributed by atoms with Crippen molar-refractivity contribution in [3.05, 3.63) is 48.0 Å². The Bertz CT molecular complexity index is 1070. The van der Waals surface area contributed by atoms with Crippen LogP contribution >= 0.6 is 0 Å². The second-order valence-electron chi connectivity index (χ2n) is 9.41. The lowest BCUT2D eigenvalue weighted by Crippen LogP contribution is -2.51. The molecule has 180 valence electrons. The average molecular weight is 464 g/mol. The summed E-state index contributed by atoms with van der Waals surface area (Å²) in [5.41, 5.74) is 3.85. The first kappa shape index (κ1) is 23.8. The number of hydrogen-bond acceptors (Lipinski definition) is 4. The monoisotopic (exact) mass is 463 g/mol. The maximum absolute atomic E-state index is 12.9. The van der Waals surface area contributed by atoms with Crippen LogP contribution in [0.15, 0.2) is 42.5 Å². The molecule has 4 rings (SSSR count). The van der Waals surface area contributed by atoms with Crippen LogP contribution in [-0.4, -0.2) is 54.6 Å². The van der Waals surface area contributed by atoms with Crippen LogP contribution < -0.4 is 9.80 Å². The highest BCUT2D eigenvalue weighted by atomic mass is 16.6. The van der Waals surface area contributed by atoms with Gasteiger partial charge in [-0.2, -0.15) is 0 Å². The number of carbonyl (C=O) groups excluding carboxylic acids is 3. The van der Waals surface area contributed by atoms with E-state index in [1.165, 1.54) is 13.3 Å². The van der Waals surface area contributed by atoms with Crippen LogP contribution in [0.4, 0.5) is 16.2 Å². The third kappa shape index (κ3) is 4.79. The minimum atomic E-state index is -0.425. The Morgan fingerprint density at radius 2 is 1.56 bits per heavy atom. The van der Waals surface area contributed by atoms with Gasteiger partial charge in [0.05, 0.1) is 23.5 Å². The Labute approximate surface area is 201 Å². The standard InChI is InChI=1S/C27H33N3O4/c1-18(2)34-27(33)29-17-19(3)30(20(4)31)24-13-12-23(16-25(24)29)21-8-10-22(11-9-21)26(32)28-14-6-5-7-15-28/h8-13,16,18-19H,5-7,14-15,17H2,1-4H3/t19-/m0/s1. The molecule has 2 aliphatic heterocycles. The number of hydrogen-bond donors (Lipinski definition) is 0. The van der Waals surface area contributed by atoms with Crippen LogP contribution in [0.25, 0.3) is 11.1 Å². The minimum Gasteiger partial charge on any atom is -0.446 e. The molecule has 0 aliphatic carbocycles. The molecule has 0 radical (unpaired) electrons. The maximum Gasteiger partial charge on any atom is 0.414 e. The predicted octanol–water partition coefficient (Wildman–Crippen LogP) is 5.09. The van der Waals surface area contributed by atoms with E-state index in [9.17, 15) is 14.4 Å². The van der Waals surface area contributed by atoms with Gasteiger partial charge in [0.25, 0.3) is 5.91 Å². The summed E-state index contributed by atoms with van der Waals surface area (Å²) in [6.07, 6.45) is 2.63. The quantitative estimate of drug-likeness (QED) is 0.636. The second kappa shape index (κ2) is 9.87. The van der Waals surface area contributed by atoms with Crippen LogP contribution in [0.1, 0.15) is 57.3 Å². The summed E-state index contributed by atoms with van der Waals surface area (Å²) in [4.78, 5) is 43.3. The number of amides is 3. The van der Waals surface area contributed by atoms with Crippen molar-refractivity contribution in [2.45, 2.75) is 59.1 Å². The fourth-order valence-corrected chi connectivity index (χ4v) is 4.81. The molecular formula is C27H33N3O4. The molecule has 0 bridgehead atoms. The molecule has 2 aliphatic rings. The van der Waals surface area contributed by atoms with Crippen molar-refractivity contribution in [3.63, 3.8) is 0 Å². The van der Waals surface area contributed by atoms with Gasteiger partial charge in [0.1, 0.15) is 0 Å². The number of nitrogens with zero attached hydrogens (tertiary/aromatic N) is 3. The van der Waals surface area contributed by atoms with E-state index >= 15 is 0 Å². The zero-order chi connectivity index (χ0) is 24.4. The van der Waals surface area contributed by atoms with E-state index in [4.69, 9.17) is 4.74 Å². The number of piperidine rings is 1. The SMILES string of the molecule is CC(=O)N1c2ccc(-c3ccc(C(=O)N4CCCCC4)cc3)cc2N(C(=O)OC(C)C)C[C@@H]1C. The molecule has 0 spiro atoms. The molecule has 7 heteroatoms. The van der Waals surface area contributed by atoms with Crippen molar-refractivity contribution in [2.75, 3.05) is 29.4 Å². The van der Waals surface area contributed by atoms with Gasteiger partial charge in [-0.3, -0.25) is 14.5 Å². The van der Waals surface area contributed by atoms with Crippen molar-refractivity contribution in [3.8, 4) is 11.1 Å². The van der Waals surface area contributed by atoms with Crippen LogP contribution in [0.3, 0.4) is 0 Å². The summed E-state index contributed by atoms with van der Waals surface area (Å²) >= 11 is 0. The van der Waals surface area contributed by atoms with E-state index in [2.05, 4.69) is 0 Å². The zero-order valence-corrected chi connectivity index (χ0v) is 20.4. The Kier molecular flexibility index (Phi) is 6.91. The molecule has 34 heavy (non-hydrogen) atoms. The molecule has 3 amide bonds. The third-order valence-corrected chi connectivity index (χ3v) is 6.42. The number of fused-ring (bicyclic) bond motifs is 1. The van der Waals surface area contributed by atoms with Crippen molar-refractivity contribution in [1.82, 2.24) is 4.90 Å². The summed E-state index contributed by atoms with van der Waals surface area (Å²) < 4.78 is 5.48. The van der Waals surface area contributed by atoms with Crippen molar-refractivity contribution in [2.24, 2.45) is 0 Å². The topological polar surface area (TPSA) is 70.2 Å². The summed E-state index contributed by atoms with van der Waals surface area (Å²) in [5.74, 6) is 0.00402. The van der Waals surface area contributed by atoms with E-state index in [0.717, 1.165) is 37.1 Å². The van der Waals surface area contributed by atoms with Crippen molar-refractivity contribution in [1.29, 1.82) is 0 Å². The van der Waals surface area contributed by atoms with Gasteiger partial charge in [-0.25, -0.2) is 4.79 Å². The number of benzene rings is 2. The average Bonchev–Trinajstić information content (AvgIpc) is 2.82. The fraction of sp³-hybridized carbons (Fsp3) is 0.444. The van der Waals surface area contributed by atoms with Crippen molar-refractivity contribution < 1.29 is 19.1 Å². The molecule has 0 saturated carbocycles. The van der Waals surface area contributed by atoms with Crippen LogP contribution in [0, 0.1) is 0 Å². The van der Waals surface area contributed by atoms with Gasteiger partial charge in [0.15, 0.2) is 0 Å². The van der Waals surface area contributed by atoms with Crippen LogP contribution in [-0.2, 0) is 9.53 Å². The van der Waals surface area contributed by atoms with Gasteiger partial charge < -0.3 is 14.5 Å². The molecule has 0 aromatic heterocycles.